The van der Waals surface area contributed by atoms with E-state index < -0.39 is 0 Å². The number of hydrogen-bond donors (Lipinski definition) is 0. The molecule has 0 atom stereocenters. The number of para-hydroxylation sites is 1. The summed E-state index contributed by atoms with van der Waals surface area (Å²) in [5, 5.41) is 9.17. The van der Waals surface area contributed by atoms with Crippen molar-refractivity contribution in [1.82, 2.24) is 0 Å². The van der Waals surface area contributed by atoms with Crippen molar-refractivity contribution < 1.29 is 4.74 Å². The maximum absolute atomic E-state index is 9.17. The maximum Gasteiger partial charge on any atom is 0.127 e. The highest BCUT2D eigenvalue weighted by Crippen LogP contribution is 2.22. The Morgan fingerprint density at radius 3 is 2.17 bits per heavy atom. The summed E-state index contributed by atoms with van der Waals surface area (Å²) in [6.07, 6.45) is 3.93. The van der Waals surface area contributed by atoms with Crippen LogP contribution < -0.4 is 4.74 Å². The van der Waals surface area contributed by atoms with Crippen LogP contribution in [0.25, 0.3) is 12.2 Å². The van der Waals surface area contributed by atoms with E-state index in [4.69, 9.17) is 4.74 Å². The van der Waals surface area contributed by atoms with Crippen molar-refractivity contribution in [2.45, 2.75) is 6.61 Å². The first-order chi connectivity index (χ1) is 11.9. The highest BCUT2D eigenvalue weighted by molar-refractivity contribution is 5.74. The van der Waals surface area contributed by atoms with Crippen LogP contribution in [-0.4, -0.2) is 0 Å². The van der Waals surface area contributed by atoms with E-state index in [1.807, 2.05) is 91.0 Å². The molecule has 24 heavy (non-hydrogen) atoms. The summed E-state index contributed by atoms with van der Waals surface area (Å²) in [5.41, 5.74) is 3.68. The lowest BCUT2D eigenvalue weighted by atomic mass is 10.1. The molecule has 0 radical (unpaired) electrons. The van der Waals surface area contributed by atoms with Crippen molar-refractivity contribution in [3.05, 3.63) is 101 Å². The summed E-state index contributed by atoms with van der Waals surface area (Å²) >= 11 is 0. The van der Waals surface area contributed by atoms with Gasteiger partial charge >= 0.3 is 0 Å². The zero-order chi connectivity index (χ0) is 16.6. The van der Waals surface area contributed by atoms with E-state index in [1.54, 1.807) is 0 Å². The van der Waals surface area contributed by atoms with E-state index >= 15 is 0 Å². The largest absolute Gasteiger partial charge is 0.488 e. The second-order valence-corrected chi connectivity index (χ2v) is 5.34. The van der Waals surface area contributed by atoms with Gasteiger partial charge in [0.25, 0.3) is 0 Å². The highest BCUT2D eigenvalue weighted by Gasteiger charge is 2.02. The normalized spacial score (nSPS) is 10.5. The van der Waals surface area contributed by atoms with Crippen molar-refractivity contribution in [2.24, 2.45) is 0 Å². The average molecular weight is 311 g/mol. The summed E-state index contributed by atoms with van der Waals surface area (Å²) in [6.45, 7) is 0.528. The smallest absolute Gasteiger partial charge is 0.127 e. The van der Waals surface area contributed by atoms with Crippen LogP contribution in [0.4, 0.5) is 0 Å². The standard InChI is InChI=1S/C22H17NO/c23-16-21-12-5-4-10-19(21)14-15-20-11-6-7-13-22(20)24-17-18-8-2-1-3-9-18/h1-15H,17H2. The molecular formula is C22H17NO. The summed E-state index contributed by atoms with van der Waals surface area (Å²) in [7, 11) is 0. The molecule has 0 N–H and O–H groups in total. The minimum atomic E-state index is 0.528. The molecule has 0 unspecified atom stereocenters. The Bertz CT molecular complexity index is 876. The van der Waals surface area contributed by atoms with Gasteiger partial charge in [-0.2, -0.15) is 5.26 Å². The van der Waals surface area contributed by atoms with Gasteiger partial charge in [0.2, 0.25) is 0 Å². The maximum atomic E-state index is 9.17. The van der Waals surface area contributed by atoms with Crippen LogP contribution in [-0.2, 0) is 6.61 Å². The van der Waals surface area contributed by atoms with Gasteiger partial charge in [-0.15, -0.1) is 0 Å². The Labute approximate surface area is 142 Å². The first-order valence-electron chi connectivity index (χ1n) is 7.80. The predicted octanol–water partition coefficient (Wildman–Crippen LogP) is 5.31. The van der Waals surface area contributed by atoms with Gasteiger partial charge in [0.15, 0.2) is 0 Å². The Balaban J connectivity index is 1.79. The summed E-state index contributed by atoms with van der Waals surface area (Å²) in [6, 6.07) is 27.7. The Kier molecular flexibility index (Phi) is 5.07. The predicted molar refractivity (Wildman–Crippen MR) is 97.3 cm³/mol. The zero-order valence-corrected chi connectivity index (χ0v) is 13.2. The van der Waals surface area contributed by atoms with E-state index in [0.29, 0.717) is 12.2 Å². The third-order valence-corrected chi connectivity index (χ3v) is 3.68. The van der Waals surface area contributed by atoms with Gasteiger partial charge in [-0.05, 0) is 23.3 Å². The van der Waals surface area contributed by atoms with E-state index in [0.717, 1.165) is 22.4 Å². The molecule has 0 fully saturated rings. The fourth-order valence-corrected chi connectivity index (χ4v) is 2.41. The van der Waals surface area contributed by atoms with Gasteiger partial charge in [0.05, 0.1) is 11.6 Å². The van der Waals surface area contributed by atoms with Crippen LogP contribution in [0.3, 0.4) is 0 Å². The molecule has 0 aromatic heterocycles. The lowest BCUT2D eigenvalue weighted by Gasteiger charge is -2.09. The summed E-state index contributed by atoms with van der Waals surface area (Å²) in [4.78, 5) is 0. The molecule has 0 spiro atoms. The van der Waals surface area contributed by atoms with Crippen LogP contribution in [0.5, 0.6) is 5.75 Å². The average Bonchev–Trinajstić information content (AvgIpc) is 2.66. The molecule has 0 aliphatic heterocycles. The number of nitrogens with zero attached hydrogens (tertiary/aromatic N) is 1. The molecule has 2 nitrogen and oxygen atoms in total. The van der Waals surface area contributed by atoms with Crippen molar-refractivity contribution >= 4 is 12.2 Å². The summed E-state index contributed by atoms with van der Waals surface area (Å²) in [5.74, 6) is 0.826. The number of benzene rings is 3. The van der Waals surface area contributed by atoms with Crippen LogP contribution in [0.15, 0.2) is 78.9 Å². The van der Waals surface area contributed by atoms with Crippen molar-refractivity contribution in [3.63, 3.8) is 0 Å². The topological polar surface area (TPSA) is 33.0 Å². The number of hydrogen-bond acceptors (Lipinski definition) is 2. The van der Waals surface area contributed by atoms with E-state index in [1.165, 1.54) is 0 Å². The van der Waals surface area contributed by atoms with Gasteiger partial charge in [0.1, 0.15) is 12.4 Å². The van der Waals surface area contributed by atoms with Crippen LogP contribution in [0.2, 0.25) is 0 Å². The van der Waals surface area contributed by atoms with Gasteiger partial charge in [-0.3, -0.25) is 0 Å². The molecule has 0 bridgehead atoms. The SMILES string of the molecule is N#Cc1ccccc1C=Cc1ccccc1OCc1ccccc1. The molecule has 3 aromatic carbocycles. The van der Waals surface area contributed by atoms with E-state index in [-0.39, 0.29) is 0 Å². The van der Waals surface area contributed by atoms with E-state index in [9.17, 15) is 5.26 Å². The molecule has 3 aromatic rings. The number of nitriles is 1. The molecule has 0 amide bonds. The summed E-state index contributed by atoms with van der Waals surface area (Å²) < 4.78 is 5.95. The monoisotopic (exact) mass is 311 g/mol. The lowest BCUT2D eigenvalue weighted by molar-refractivity contribution is 0.305. The van der Waals surface area contributed by atoms with Crippen LogP contribution in [0.1, 0.15) is 22.3 Å². The molecule has 0 aliphatic carbocycles. The highest BCUT2D eigenvalue weighted by atomic mass is 16.5. The van der Waals surface area contributed by atoms with Crippen LogP contribution in [0, 0.1) is 11.3 Å². The molecular weight excluding hydrogens is 294 g/mol. The molecule has 2 heteroatoms. The van der Waals surface area contributed by atoms with Gasteiger partial charge in [-0.25, -0.2) is 0 Å². The number of ether oxygens (including phenoxy) is 1. The third kappa shape index (κ3) is 3.91. The quantitative estimate of drug-likeness (QED) is 0.598. The first-order valence-corrected chi connectivity index (χ1v) is 7.80. The molecule has 0 aliphatic rings. The minimum Gasteiger partial charge on any atom is -0.488 e. The molecule has 3 rings (SSSR count). The number of rotatable bonds is 5. The second-order valence-electron chi connectivity index (χ2n) is 5.34. The van der Waals surface area contributed by atoms with Gasteiger partial charge < -0.3 is 4.74 Å². The van der Waals surface area contributed by atoms with E-state index in [2.05, 4.69) is 6.07 Å². The minimum absolute atomic E-state index is 0.528. The van der Waals surface area contributed by atoms with Crippen molar-refractivity contribution in [2.75, 3.05) is 0 Å². The van der Waals surface area contributed by atoms with Crippen molar-refractivity contribution in [3.8, 4) is 11.8 Å². The van der Waals surface area contributed by atoms with Gasteiger partial charge in [0, 0.05) is 5.56 Å². The first kappa shape index (κ1) is 15.6. The second kappa shape index (κ2) is 7.80. The zero-order valence-electron chi connectivity index (χ0n) is 13.2. The molecule has 0 heterocycles. The fourth-order valence-electron chi connectivity index (χ4n) is 2.41. The Morgan fingerprint density at radius 2 is 1.38 bits per heavy atom. The van der Waals surface area contributed by atoms with Crippen LogP contribution >= 0.6 is 0 Å². The molecule has 0 saturated heterocycles. The van der Waals surface area contributed by atoms with Crippen molar-refractivity contribution in [1.29, 1.82) is 5.26 Å². The fraction of sp³-hybridized carbons (Fsp3) is 0.0455. The Morgan fingerprint density at radius 1 is 0.750 bits per heavy atom. The lowest BCUT2D eigenvalue weighted by Crippen LogP contribution is -1.96. The molecule has 116 valence electrons. The molecule has 0 saturated carbocycles. The third-order valence-electron chi connectivity index (χ3n) is 3.68. The van der Waals surface area contributed by atoms with Gasteiger partial charge in [-0.1, -0.05) is 78.9 Å². The Hall–Kier alpha value is -3.31.